The van der Waals surface area contributed by atoms with E-state index in [-0.39, 0.29) is 11.4 Å². The standard InChI is InChI=1S/C17H13ClN2O4/c1-2-23-12-5-3-10-7-13(17(22)24-14(10)8-12)16(21)20-15-6-4-11(18)9-19-15/h3-9H,2H2,1H3,(H,19,20,21). The van der Waals surface area contributed by atoms with Gasteiger partial charge in [0.25, 0.3) is 5.91 Å². The monoisotopic (exact) mass is 344 g/mol. The molecule has 3 aromatic rings. The predicted octanol–water partition coefficient (Wildman–Crippen LogP) is 3.49. The summed E-state index contributed by atoms with van der Waals surface area (Å²) < 4.78 is 10.6. The topological polar surface area (TPSA) is 81.4 Å². The van der Waals surface area contributed by atoms with Crippen LogP contribution >= 0.6 is 11.6 Å². The van der Waals surface area contributed by atoms with Gasteiger partial charge in [0.1, 0.15) is 22.7 Å². The van der Waals surface area contributed by atoms with Gasteiger partial charge < -0.3 is 14.5 Å². The lowest BCUT2D eigenvalue weighted by Crippen LogP contribution is -2.21. The van der Waals surface area contributed by atoms with Crippen molar-refractivity contribution in [2.45, 2.75) is 6.92 Å². The number of rotatable bonds is 4. The molecule has 1 aromatic carbocycles. The summed E-state index contributed by atoms with van der Waals surface area (Å²) in [7, 11) is 0. The first kappa shape index (κ1) is 16.0. The van der Waals surface area contributed by atoms with Gasteiger partial charge >= 0.3 is 5.63 Å². The second-order valence-electron chi connectivity index (χ2n) is 4.90. The highest BCUT2D eigenvalue weighted by Gasteiger charge is 2.15. The maximum Gasteiger partial charge on any atom is 0.349 e. The molecule has 0 bridgehead atoms. The summed E-state index contributed by atoms with van der Waals surface area (Å²) in [6.45, 7) is 2.36. The quantitative estimate of drug-likeness (QED) is 0.733. The van der Waals surface area contributed by atoms with Gasteiger partial charge in [-0.25, -0.2) is 9.78 Å². The maximum atomic E-state index is 12.3. The number of nitrogens with zero attached hydrogens (tertiary/aromatic N) is 1. The molecule has 0 atom stereocenters. The number of amides is 1. The number of carbonyl (C=O) groups is 1. The zero-order chi connectivity index (χ0) is 17.1. The molecule has 0 aliphatic heterocycles. The Morgan fingerprint density at radius 1 is 1.29 bits per heavy atom. The summed E-state index contributed by atoms with van der Waals surface area (Å²) in [5, 5.41) is 3.59. The van der Waals surface area contributed by atoms with Gasteiger partial charge in [0.2, 0.25) is 0 Å². The Kier molecular flexibility index (Phi) is 4.48. The highest BCUT2D eigenvalue weighted by Crippen LogP contribution is 2.21. The summed E-state index contributed by atoms with van der Waals surface area (Å²) >= 11 is 5.74. The van der Waals surface area contributed by atoms with E-state index in [1.165, 1.54) is 18.3 Å². The molecular weight excluding hydrogens is 332 g/mol. The number of aromatic nitrogens is 1. The molecule has 0 fully saturated rings. The van der Waals surface area contributed by atoms with Crippen molar-refractivity contribution < 1.29 is 13.9 Å². The summed E-state index contributed by atoms with van der Waals surface area (Å²) in [5.74, 6) is 0.278. The predicted molar refractivity (Wildman–Crippen MR) is 90.9 cm³/mol. The number of hydrogen-bond donors (Lipinski definition) is 1. The lowest BCUT2D eigenvalue weighted by molar-refractivity contribution is 0.102. The van der Waals surface area contributed by atoms with Crippen molar-refractivity contribution in [3.8, 4) is 5.75 Å². The van der Waals surface area contributed by atoms with Crippen LogP contribution in [0.25, 0.3) is 11.0 Å². The van der Waals surface area contributed by atoms with Crippen molar-refractivity contribution in [1.82, 2.24) is 4.98 Å². The van der Waals surface area contributed by atoms with Gasteiger partial charge in [-0.1, -0.05) is 11.6 Å². The average molecular weight is 345 g/mol. The number of carbonyl (C=O) groups excluding carboxylic acids is 1. The molecule has 0 unspecified atom stereocenters. The van der Waals surface area contributed by atoms with Gasteiger partial charge in [-0.15, -0.1) is 0 Å². The van der Waals surface area contributed by atoms with E-state index in [1.807, 2.05) is 6.92 Å². The number of benzene rings is 1. The molecular formula is C17H13ClN2O4. The third kappa shape index (κ3) is 3.38. The number of halogens is 1. The van der Waals surface area contributed by atoms with E-state index in [0.717, 1.165) is 0 Å². The lowest BCUT2D eigenvalue weighted by Gasteiger charge is -2.06. The summed E-state index contributed by atoms with van der Waals surface area (Å²) in [6, 6.07) is 9.68. The molecule has 1 amide bonds. The minimum Gasteiger partial charge on any atom is -0.494 e. The van der Waals surface area contributed by atoms with E-state index in [2.05, 4.69) is 10.3 Å². The number of nitrogens with one attached hydrogen (secondary N) is 1. The van der Waals surface area contributed by atoms with Crippen LogP contribution in [0.4, 0.5) is 5.82 Å². The van der Waals surface area contributed by atoms with E-state index >= 15 is 0 Å². The molecule has 0 radical (unpaired) electrons. The van der Waals surface area contributed by atoms with E-state index in [1.54, 1.807) is 24.3 Å². The van der Waals surface area contributed by atoms with Crippen LogP contribution in [0.2, 0.25) is 5.02 Å². The first-order valence-electron chi connectivity index (χ1n) is 7.20. The van der Waals surface area contributed by atoms with Crippen LogP contribution < -0.4 is 15.7 Å². The average Bonchev–Trinajstić information content (AvgIpc) is 2.56. The van der Waals surface area contributed by atoms with Crippen LogP contribution in [0.15, 0.2) is 51.8 Å². The second-order valence-corrected chi connectivity index (χ2v) is 5.33. The van der Waals surface area contributed by atoms with Crippen molar-refractivity contribution >= 4 is 34.3 Å². The fourth-order valence-electron chi connectivity index (χ4n) is 2.14. The second kappa shape index (κ2) is 6.72. The van der Waals surface area contributed by atoms with Crippen LogP contribution in [0.1, 0.15) is 17.3 Å². The first-order chi connectivity index (χ1) is 11.6. The van der Waals surface area contributed by atoms with Gasteiger partial charge in [-0.3, -0.25) is 4.79 Å². The SMILES string of the molecule is CCOc1ccc2cc(C(=O)Nc3ccc(Cl)cn3)c(=O)oc2c1. The Morgan fingerprint density at radius 3 is 2.83 bits per heavy atom. The fraction of sp³-hybridized carbons (Fsp3) is 0.118. The highest BCUT2D eigenvalue weighted by molar-refractivity contribution is 6.30. The summed E-state index contributed by atoms with van der Waals surface area (Å²) in [6.07, 6.45) is 1.40. The van der Waals surface area contributed by atoms with Crippen LogP contribution in [0.5, 0.6) is 5.75 Å². The van der Waals surface area contributed by atoms with Gasteiger partial charge in [0, 0.05) is 17.6 Å². The third-order valence-corrected chi connectivity index (χ3v) is 3.46. The molecule has 2 heterocycles. The molecule has 0 saturated carbocycles. The van der Waals surface area contributed by atoms with Crippen LogP contribution in [-0.2, 0) is 0 Å². The van der Waals surface area contributed by atoms with Gasteiger partial charge in [0.15, 0.2) is 0 Å². The molecule has 7 heteroatoms. The number of pyridine rings is 1. The Hall–Kier alpha value is -2.86. The first-order valence-corrected chi connectivity index (χ1v) is 7.58. The molecule has 1 N–H and O–H groups in total. The number of anilines is 1. The molecule has 0 spiro atoms. The molecule has 3 rings (SSSR count). The van der Waals surface area contributed by atoms with Crippen LogP contribution in [0, 0.1) is 0 Å². The largest absolute Gasteiger partial charge is 0.494 e. The third-order valence-electron chi connectivity index (χ3n) is 3.23. The van der Waals surface area contributed by atoms with E-state index in [9.17, 15) is 9.59 Å². The molecule has 122 valence electrons. The summed E-state index contributed by atoms with van der Waals surface area (Å²) in [4.78, 5) is 28.3. The molecule has 0 aliphatic carbocycles. The molecule has 2 aromatic heterocycles. The van der Waals surface area contributed by atoms with Crippen LogP contribution in [-0.4, -0.2) is 17.5 Å². The normalized spacial score (nSPS) is 10.6. The molecule has 0 saturated heterocycles. The van der Waals surface area contributed by atoms with Crippen molar-refractivity contribution in [3.05, 3.63) is 63.6 Å². The highest BCUT2D eigenvalue weighted by atomic mass is 35.5. The number of ether oxygens (including phenoxy) is 1. The Morgan fingerprint density at radius 2 is 2.12 bits per heavy atom. The zero-order valence-corrected chi connectivity index (χ0v) is 13.5. The van der Waals surface area contributed by atoms with E-state index in [4.69, 9.17) is 20.8 Å². The van der Waals surface area contributed by atoms with Gasteiger partial charge in [-0.05, 0) is 37.3 Å². The van der Waals surface area contributed by atoms with Crippen molar-refractivity contribution in [2.75, 3.05) is 11.9 Å². The minimum absolute atomic E-state index is 0.108. The van der Waals surface area contributed by atoms with E-state index < -0.39 is 11.5 Å². The lowest BCUT2D eigenvalue weighted by atomic mass is 10.1. The van der Waals surface area contributed by atoms with Crippen molar-refractivity contribution in [1.29, 1.82) is 0 Å². The fourth-order valence-corrected chi connectivity index (χ4v) is 2.25. The smallest absolute Gasteiger partial charge is 0.349 e. The maximum absolute atomic E-state index is 12.3. The Balaban J connectivity index is 1.92. The Bertz CT molecular complexity index is 951. The summed E-state index contributed by atoms with van der Waals surface area (Å²) in [5.41, 5.74) is -0.488. The van der Waals surface area contributed by atoms with Gasteiger partial charge in [-0.2, -0.15) is 0 Å². The Labute approximate surface area is 142 Å². The van der Waals surface area contributed by atoms with Crippen LogP contribution in [0.3, 0.4) is 0 Å². The number of hydrogen-bond acceptors (Lipinski definition) is 5. The van der Waals surface area contributed by atoms with Gasteiger partial charge in [0.05, 0.1) is 11.6 Å². The van der Waals surface area contributed by atoms with Crippen molar-refractivity contribution in [2.24, 2.45) is 0 Å². The molecule has 6 nitrogen and oxygen atoms in total. The number of fused-ring (bicyclic) bond motifs is 1. The minimum atomic E-state index is -0.734. The molecule has 0 aliphatic rings. The van der Waals surface area contributed by atoms with E-state index in [0.29, 0.717) is 28.3 Å². The zero-order valence-electron chi connectivity index (χ0n) is 12.7. The molecule has 24 heavy (non-hydrogen) atoms. The van der Waals surface area contributed by atoms with Crippen molar-refractivity contribution in [3.63, 3.8) is 0 Å².